The van der Waals surface area contributed by atoms with Crippen LogP contribution in [0.15, 0.2) is 42.9 Å². The molecule has 2 aromatic rings. The highest BCUT2D eigenvalue weighted by atomic mass is 16.6. The Hall–Kier alpha value is -2.70. The third-order valence-corrected chi connectivity index (χ3v) is 1.38. The highest BCUT2D eigenvalue weighted by molar-refractivity contribution is 5.53. The van der Waals surface area contributed by atoms with E-state index in [9.17, 15) is 0 Å². The van der Waals surface area contributed by atoms with Crippen molar-refractivity contribution in [3.05, 3.63) is 42.9 Å². The van der Waals surface area contributed by atoms with E-state index in [0.717, 1.165) is 0 Å². The molecule has 0 saturated carbocycles. The molecule has 0 saturated heterocycles. The summed E-state index contributed by atoms with van der Waals surface area (Å²) in [6, 6.07) is 7.44. The first-order chi connectivity index (χ1) is 8.18. The quantitative estimate of drug-likeness (QED) is 0.818. The van der Waals surface area contributed by atoms with Crippen LogP contribution in [0.3, 0.4) is 0 Å². The molecule has 0 radical (unpaired) electrons. The molecule has 0 aliphatic carbocycles. The highest BCUT2D eigenvalue weighted by Gasteiger charge is 1.97. The number of rotatable bonds is 2. The maximum absolute atomic E-state index is 8.56. The molecule has 2 rings (SSSR count). The van der Waals surface area contributed by atoms with E-state index in [1.54, 1.807) is 30.7 Å². The summed E-state index contributed by atoms with van der Waals surface area (Å²) in [7, 11) is 0. The molecule has 0 aliphatic rings. The monoisotopic (exact) mass is 235 g/mol. The lowest BCUT2D eigenvalue weighted by molar-refractivity contribution is 0.137. The van der Waals surface area contributed by atoms with E-state index in [4.69, 9.17) is 19.7 Å². The summed E-state index contributed by atoms with van der Waals surface area (Å²) < 4.78 is 5.24. The Kier molecular flexibility index (Phi) is 4.89. The minimum Gasteiger partial charge on any atom is -0.450 e. The van der Waals surface area contributed by atoms with E-state index in [0.29, 0.717) is 11.9 Å². The van der Waals surface area contributed by atoms with E-state index in [1.807, 2.05) is 12.1 Å². The van der Waals surface area contributed by atoms with Crippen LogP contribution in [0, 0.1) is 0 Å². The van der Waals surface area contributed by atoms with Gasteiger partial charge in [-0.2, -0.15) is 0 Å². The molecule has 0 amide bonds. The number of carboxylic acid groups (broad SMARTS) is 2. The maximum Gasteiger partial charge on any atom is 0.503 e. The Morgan fingerprint density at radius 3 is 2.12 bits per heavy atom. The van der Waals surface area contributed by atoms with Crippen LogP contribution >= 0.6 is 0 Å². The van der Waals surface area contributed by atoms with Gasteiger partial charge in [0.05, 0.1) is 0 Å². The van der Waals surface area contributed by atoms with Gasteiger partial charge in [-0.1, -0.05) is 6.07 Å². The van der Waals surface area contributed by atoms with Crippen LogP contribution in [0.4, 0.5) is 4.79 Å². The number of nitrogens with zero attached hydrogens (tertiary/aromatic N) is 3. The number of hydrogen-bond acceptors (Lipinski definition) is 5. The topological polar surface area (TPSA) is 105 Å². The molecule has 17 heavy (non-hydrogen) atoms. The van der Waals surface area contributed by atoms with Crippen molar-refractivity contribution in [2.45, 2.75) is 0 Å². The summed E-state index contributed by atoms with van der Waals surface area (Å²) in [5.74, 6) is 0.494. The zero-order valence-corrected chi connectivity index (χ0v) is 8.59. The maximum atomic E-state index is 8.56. The zero-order valence-electron chi connectivity index (χ0n) is 8.59. The number of carbonyl (C=O) groups is 1. The Bertz CT molecular complexity index is 408. The molecule has 0 unspecified atom stereocenters. The number of ether oxygens (including phenoxy) is 1. The summed E-state index contributed by atoms with van der Waals surface area (Å²) in [6.07, 6.45) is 3.05. The van der Waals surface area contributed by atoms with Gasteiger partial charge in [0.25, 0.3) is 0 Å². The first-order valence-corrected chi connectivity index (χ1v) is 4.46. The third-order valence-electron chi connectivity index (χ3n) is 1.38. The first-order valence-electron chi connectivity index (χ1n) is 4.46. The second-order valence-corrected chi connectivity index (χ2v) is 2.58. The van der Waals surface area contributed by atoms with Gasteiger partial charge in [0.2, 0.25) is 5.88 Å². The normalized spacial score (nSPS) is 8.71. The van der Waals surface area contributed by atoms with Crippen LogP contribution in [0.2, 0.25) is 0 Å². The third kappa shape index (κ3) is 5.67. The first kappa shape index (κ1) is 12.4. The van der Waals surface area contributed by atoms with Gasteiger partial charge in [0.1, 0.15) is 0 Å². The van der Waals surface area contributed by atoms with E-state index < -0.39 is 6.16 Å². The Morgan fingerprint density at radius 2 is 1.59 bits per heavy atom. The van der Waals surface area contributed by atoms with Gasteiger partial charge in [-0.3, -0.25) is 0 Å². The molecule has 7 nitrogen and oxygen atoms in total. The molecule has 2 aromatic heterocycles. The van der Waals surface area contributed by atoms with Crippen LogP contribution in [-0.4, -0.2) is 31.3 Å². The minimum absolute atomic E-state index is 0.307. The molecule has 2 heterocycles. The molecule has 7 heteroatoms. The average Bonchev–Trinajstić information content (AvgIpc) is 2.31. The van der Waals surface area contributed by atoms with Crippen molar-refractivity contribution in [2.75, 3.05) is 0 Å². The Morgan fingerprint density at radius 1 is 1.00 bits per heavy atom. The van der Waals surface area contributed by atoms with Gasteiger partial charge in [-0.05, 0) is 12.1 Å². The van der Waals surface area contributed by atoms with Crippen LogP contribution < -0.4 is 4.74 Å². The molecule has 0 aliphatic heterocycles. The lowest BCUT2D eigenvalue weighted by Gasteiger charge is -1.99. The van der Waals surface area contributed by atoms with Crippen LogP contribution in [0.5, 0.6) is 11.9 Å². The Labute approximate surface area is 96.4 Å². The summed E-state index contributed by atoms with van der Waals surface area (Å²) in [5.41, 5.74) is 0. The molecular weight excluding hydrogens is 226 g/mol. The van der Waals surface area contributed by atoms with Gasteiger partial charge < -0.3 is 14.9 Å². The smallest absolute Gasteiger partial charge is 0.450 e. The molecule has 0 aromatic carbocycles. The van der Waals surface area contributed by atoms with Gasteiger partial charge in [0, 0.05) is 24.7 Å². The van der Waals surface area contributed by atoms with E-state index in [-0.39, 0.29) is 0 Å². The number of pyridine rings is 1. The second-order valence-electron chi connectivity index (χ2n) is 2.58. The zero-order chi connectivity index (χ0) is 12.5. The highest BCUT2D eigenvalue weighted by Crippen LogP contribution is 2.11. The average molecular weight is 235 g/mol. The predicted octanol–water partition coefficient (Wildman–Crippen LogP) is 1.89. The van der Waals surface area contributed by atoms with E-state index in [1.165, 1.54) is 0 Å². The van der Waals surface area contributed by atoms with Crippen molar-refractivity contribution < 1.29 is 19.7 Å². The van der Waals surface area contributed by atoms with Crippen LogP contribution in [0.1, 0.15) is 0 Å². The standard InChI is InChI=1S/C9H7N3O.CH2O3/c1-2-5-10-8(4-1)13-9-11-6-3-7-12-9;2-1(3)4/h1-7H;(H2,2,3,4). The fourth-order valence-electron chi connectivity index (χ4n) is 0.839. The minimum atomic E-state index is -1.83. The van der Waals surface area contributed by atoms with Crippen LogP contribution in [-0.2, 0) is 0 Å². The fourth-order valence-corrected chi connectivity index (χ4v) is 0.839. The molecule has 0 bridgehead atoms. The molecule has 0 atom stereocenters. The summed E-state index contributed by atoms with van der Waals surface area (Å²) in [6.45, 7) is 0. The lowest BCUT2D eigenvalue weighted by atomic mass is 10.5. The number of hydrogen-bond donors (Lipinski definition) is 2. The van der Waals surface area contributed by atoms with Gasteiger partial charge in [-0.15, -0.1) is 0 Å². The second kappa shape index (κ2) is 6.72. The van der Waals surface area contributed by atoms with Gasteiger partial charge >= 0.3 is 12.2 Å². The summed E-state index contributed by atoms with van der Waals surface area (Å²) >= 11 is 0. The predicted molar refractivity (Wildman–Crippen MR) is 57.0 cm³/mol. The van der Waals surface area contributed by atoms with Crippen molar-refractivity contribution in [2.24, 2.45) is 0 Å². The van der Waals surface area contributed by atoms with Gasteiger partial charge in [-0.25, -0.2) is 19.7 Å². The molecule has 0 spiro atoms. The van der Waals surface area contributed by atoms with Crippen LogP contribution in [0.25, 0.3) is 0 Å². The van der Waals surface area contributed by atoms with E-state index >= 15 is 0 Å². The van der Waals surface area contributed by atoms with Crippen molar-refractivity contribution in [3.8, 4) is 11.9 Å². The number of aromatic nitrogens is 3. The molecule has 88 valence electrons. The van der Waals surface area contributed by atoms with Gasteiger partial charge in [0.15, 0.2) is 0 Å². The van der Waals surface area contributed by atoms with Crippen molar-refractivity contribution in [1.29, 1.82) is 0 Å². The summed E-state index contributed by atoms with van der Waals surface area (Å²) in [4.78, 5) is 20.3. The SMILES string of the molecule is O=C(O)O.c1ccc(Oc2ncccn2)nc1. The lowest BCUT2D eigenvalue weighted by Crippen LogP contribution is -1.91. The van der Waals surface area contributed by atoms with Crippen molar-refractivity contribution in [1.82, 2.24) is 15.0 Å². The Balaban J connectivity index is 0.000000317. The largest absolute Gasteiger partial charge is 0.503 e. The molecular formula is C10H9N3O4. The van der Waals surface area contributed by atoms with Crippen molar-refractivity contribution in [3.63, 3.8) is 0 Å². The van der Waals surface area contributed by atoms with E-state index in [2.05, 4.69) is 15.0 Å². The fraction of sp³-hybridized carbons (Fsp3) is 0. The van der Waals surface area contributed by atoms with Crippen molar-refractivity contribution >= 4 is 6.16 Å². The molecule has 2 N–H and O–H groups in total. The summed E-state index contributed by atoms with van der Waals surface area (Å²) in [5, 5.41) is 13.9. The molecule has 0 fully saturated rings.